The molecule has 2 aliphatic rings. The summed E-state index contributed by atoms with van der Waals surface area (Å²) in [6.45, 7) is 16.1. The maximum Gasteiger partial charge on any atom is 0.410 e. The summed E-state index contributed by atoms with van der Waals surface area (Å²) in [5.41, 5.74) is 1.03. The number of carbonyl (C=O) groups excluding carboxylic acids is 2. The van der Waals surface area contributed by atoms with Crippen LogP contribution in [0.25, 0.3) is 28.8 Å². The Labute approximate surface area is 238 Å². The van der Waals surface area contributed by atoms with Gasteiger partial charge in [-0.25, -0.2) is 14.6 Å². The van der Waals surface area contributed by atoms with Crippen LogP contribution in [-0.4, -0.2) is 74.7 Å². The third kappa shape index (κ3) is 5.20. The summed E-state index contributed by atoms with van der Waals surface area (Å²) in [6.07, 6.45) is 9.34. The summed E-state index contributed by atoms with van der Waals surface area (Å²) < 4.78 is 12.6. The van der Waals surface area contributed by atoms with Crippen molar-refractivity contribution in [2.45, 2.75) is 59.5 Å². The van der Waals surface area contributed by atoms with Crippen LogP contribution in [0.3, 0.4) is 0 Å². The van der Waals surface area contributed by atoms with Gasteiger partial charge in [0.2, 0.25) is 11.4 Å². The van der Waals surface area contributed by atoms with E-state index in [1.165, 1.54) is 6.20 Å². The van der Waals surface area contributed by atoms with E-state index in [1.54, 1.807) is 22.3 Å². The highest BCUT2D eigenvalue weighted by atomic mass is 16.6. The van der Waals surface area contributed by atoms with Crippen LogP contribution in [0.1, 0.15) is 75.6 Å². The Morgan fingerprint density at radius 2 is 1.90 bits per heavy atom. The molecule has 0 saturated carbocycles. The maximum atomic E-state index is 13.6. The van der Waals surface area contributed by atoms with Gasteiger partial charge < -0.3 is 24.3 Å². The number of aromatic amines is 1. The van der Waals surface area contributed by atoms with Gasteiger partial charge >= 0.3 is 12.1 Å². The van der Waals surface area contributed by atoms with Crippen molar-refractivity contribution < 1.29 is 19.1 Å². The third-order valence-corrected chi connectivity index (χ3v) is 7.87. The van der Waals surface area contributed by atoms with Crippen LogP contribution in [0.5, 0.6) is 0 Å². The lowest BCUT2D eigenvalue weighted by atomic mass is 9.78. The first-order valence-electron chi connectivity index (χ1n) is 14.1. The summed E-state index contributed by atoms with van der Waals surface area (Å²) in [6, 6.07) is 0. The van der Waals surface area contributed by atoms with Crippen molar-refractivity contribution in [1.29, 1.82) is 0 Å². The summed E-state index contributed by atoms with van der Waals surface area (Å²) in [5.74, 6) is -0.183. The molecule has 1 N–H and O–H groups in total. The van der Waals surface area contributed by atoms with Gasteiger partial charge in [0, 0.05) is 32.4 Å². The second-order valence-electron chi connectivity index (χ2n) is 11.8. The van der Waals surface area contributed by atoms with Crippen molar-refractivity contribution in [3.8, 4) is 0 Å². The Kier molecular flexibility index (Phi) is 7.39. The zero-order chi connectivity index (χ0) is 29.5. The average molecular weight is 563 g/mol. The molecule has 3 aromatic rings. The van der Waals surface area contributed by atoms with Crippen molar-refractivity contribution >= 4 is 46.8 Å². The number of hydrogen-bond acceptors (Lipinski definition) is 8. The number of pyridine rings is 1. The Bertz CT molecular complexity index is 1600. The van der Waals surface area contributed by atoms with Gasteiger partial charge in [-0.1, -0.05) is 12.7 Å². The van der Waals surface area contributed by atoms with E-state index in [9.17, 15) is 14.4 Å². The number of H-pyrrole nitrogens is 1. The number of hydrogen-bond donors (Lipinski definition) is 1. The van der Waals surface area contributed by atoms with Gasteiger partial charge in [-0.2, -0.15) is 4.98 Å². The molecule has 5 heterocycles. The first-order valence-corrected chi connectivity index (χ1v) is 14.1. The summed E-state index contributed by atoms with van der Waals surface area (Å²) >= 11 is 0. The smallest absolute Gasteiger partial charge is 0.410 e. The zero-order valence-corrected chi connectivity index (χ0v) is 24.5. The lowest BCUT2D eigenvalue weighted by Crippen LogP contribution is -2.46. The molecule has 0 radical (unpaired) electrons. The lowest BCUT2D eigenvalue weighted by Gasteiger charge is -2.39. The van der Waals surface area contributed by atoms with Gasteiger partial charge in [0.05, 0.1) is 23.4 Å². The number of nitrogens with one attached hydrogen (secondary N) is 1. The molecule has 2 aliphatic heterocycles. The summed E-state index contributed by atoms with van der Waals surface area (Å²) in [7, 11) is 0. The number of esters is 1. The zero-order valence-electron chi connectivity index (χ0n) is 24.5. The fourth-order valence-corrected chi connectivity index (χ4v) is 5.85. The molecule has 0 atom stereocenters. The van der Waals surface area contributed by atoms with E-state index in [4.69, 9.17) is 14.5 Å². The number of carbonyl (C=O) groups is 2. The molecule has 11 nitrogen and oxygen atoms in total. The van der Waals surface area contributed by atoms with Crippen LogP contribution in [0.2, 0.25) is 0 Å². The second kappa shape index (κ2) is 10.7. The topological polar surface area (TPSA) is 122 Å². The third-order valence-electron chi connectivity index (χ3n) is 7.87. The molecule has 2 saturated heterocycles. The van der Waals surface area contributed by atoms with Crippen molar-refractivity contribution in [2.24, 2.45) is 5.41 Å². The number of piperidine rings is 1. The van der Waals surface area contributed by atoms with E-state index < -0.39 is 17.0 Å². The van der Waals surface area contributed by atoms with Crippen LogP contribution in [0.15, 0.2) is 23.6 Å². The van der Waals surface area contributed by atoms with Crippen LogP contribution >= 0.6 is 0 Å². The number of nitrogens with zero attached hydrogens (tertiary/aromatic N) is 5. The minimum atomic E-state index is -0.705. The van der Waals surface area contributed by atoms with Gasteiger partial charge in [-0.3, -0.25) is 9.20 Å². The summed E-state index contributed by atoms with van der Waals surface area (Å²) in [4.78, 5) is 55.6. The molecule has 0 aromatic carbocycles. The Morgan fingerprint density at radius 1 is 1.20 bits per heavy atom. The molecule has 218 valence electrons. The fourth-order valence-electron chi connectivity index (χ4n) is 5.85. The molecule has 41 heavy (non-hydrogen) atoms. The molecule has 1 spiro atoms. The number of imidazole rings is 1. The Balaban J connectivity index is 1.50. The number of aromatic nitrogens is 4. The highest BCUT2D eigenvalue weighted by Crippen LogP contribution is 2.41. The van der Waals surface area contributed by atoms with E-state index in [0.29, 0.717) is 41.7 Å². The van der Waals surface area contributed by atoms with Crippen LogP contribution in [-0.2, 0) is 9.47 Å². The van der Waals surface area contributed by atoms with E-state index >= 15 is 0 Å². The molecule has 5 rings (SSSR count). The minimum Gasteiger partial charge on any atom is -0.462 e. The number of likely N-dealkylation sites (tertiary alicyclic amines) is 1. The van der Waals surface area contributed by atoms with Crippen LogP contribution in [0.4, 0.5) is 10.7 Å². The first-order chi connectivity index (χ1) is 19.5. The van der Waals surface area contributed by atoms with Gasteiger partial charge in [-0.05, 0) is 71.4 Å². The van der Waals surface area contributed by atoms with Crippen LogP contribution < -0.4 is 10.3 Å². The van der Waals surface area contributed by atoms with E-state index in [0.717, 1.165) is 32.4 Å². The van der Waals surface area contributed by atoms with Crippen molar-refractivity contribution in [3.63, 3.8) is 0 Å². The Morgan fingerprint density at radius 3 is 2.54 bits per heavy atom. The van der Waals surface area contributed by atoms with E-state index in [1.807, 2.05) is 39.8 Å². The molecular formula is C30H38N6O5. The highest BCUT2D eigenvalue weighted by Gasteiger charge is 2.43. The maximum absolute atomic E-state index is 13.6. The number of allylic oxidation sites excluding steroid dienone is 1. The minimum absolute atomic E-state index is 0.0525. The first kappa shape index (κ1) is 28.4. The van der Waals surface area contributed by atoms with Crippen molar-refractivity contribution in [1.82, 2.24) is 24.3 Å². The van der Waals surface area contributed by atoms with Gasteiger partial charge in [0.1, 0.15) is 16.8 Å². The lowest BCUT2D eigenvalue weighted by molar-refractivity contribution is 0.0121. The number of amides is 1. The molecular weight excluding hydrogens is 524 g/mol. The second-order valence-corrected chi connectivity index (χ2v) is 11.8. The normalized spacial score (nSPS) is 17.2. The predicted octanol–water partition coefficient (Wildman–Crippen LogP) is 4.65. The fraction of sp³-hybridized carbons (Fsp3) is 0.500. The standard InChI is InChI=1S/C30H38N6O5/c1-7-10-21-20(8-2)32-25-22(26(38)40-9-3)23(37)19-17-31-27(33-24(19)36(21)25)35-16-13-30(18-35)11-14-34(15-12-30)28(39)41-29(4,5)6/h7-8,10,17,32H,2,9,11-16,18H2,1,3-6H3/b10-7-. The monoisotopic (exact) mass is 562 g/mol. The molecule has 2 fully saturated rings. The van der Waals surface area contributed by atoms with Gasteiger partial charge in [0.15, 0.2) is 5.65 Å². The Hall–Kier alpha value is -4.15. The molecule has 0 bridgehead atoms. The molecule has 0 aliphatic carbocycles. The van der Waals surface area contributed by atoms with Crippen molar-refractivity contribution in [3.05, 3.63) is 46.0 Å². The molecule has 0 unspecified atom stereocenters. The van der Waals surface area contributed by atoms with Crippen LogP contribution in [0, 0.1) is 5.41 Å². The molecule has 11 heteroatoms. The number of anilines is 1. The average Bonchev–Trinajstić information content (AvgIpc) is 3.50. The van der Waals surface area contributed by atoms with Gasteiger partial charge in [-0.15, -0.1) is 0 Å². The molecule has 3 aromatic heterocycles. The molecule has 1 amide bonds. The van der Waals surface area contributed by atoms with Gasteiger partial charge in [0.25, 0.3) is 0 Å². The number of ether oxygens (including phenoxy) is 2. The largest absolute Gasteiger partial charge is 0.462 e. The van der Waals surface area contributed by atoms with E-state index in [-0.39, 0.29) is 29.1 Å². The number of fused-ring (bicyclic) bond motifs is 3. The van der Waals surface area contributed by atoms with Crippen molar-refractivity contribution in [2.75, 3.05) is 37.7 Å². The van der Waals surface area contributed by atoms with E-state index in [2.05, 4.69) is 21.4 Å². The number of rotatable bonds is 5. The predicted molar refractivity (Wildman–Crippen MR) is 158 cm³/mol. The highest BCUT2D eigenvalue weighted by molar-refractivity contribution is 6.00. The SMILES string of the molecule is C=Cc1[nH]c2c(C(=O)OCC)c(=O)c3cnc(N4CCC5(CCN(C(=O)OC(C)(C)C)CC5)C4)nc3n2c1/C=C\C. The summed E-state index contributed by atoms with van der Waals surface area (Å²) in [5, 5.41) is 0.231. The quantitative estimate of drug-likeness (QED) is 0.446.